The van der Waals surface area contributed by atoms with E-state index < -0.39 is 29.4 Å². The number of allylic oxidation sites excluding steroid dienone is 1. The monoisotopic (exact) mass is 468 g/mol. The highest BCUT2D eigenvalue weighted by atomic mass is 16.6. The molecule has 0 aromatic rings. The van der Waals surface area contributed by atoms with Crippen LogP contribution in [0.2, 0.25) is 0 Å². The lowest BCUT2D eigenvalue weighted by molar-refractivity contribution is -0.121. The van der Waals surface area contributed by atoms with Gasteiger partial charge in [-0.1, -0.05) is 13.0 Å². The first-order valence-corrected chi connectivity index (χ1v) is 11.8. The van der Waals surface area contributed by atoms with E-state index in [9.17, 15) is 19.2 Å². The molecule has 8 nitrogen and oxygen atoms in total. The Hall–Kier alpha value is -2.38. The zero-order valence-electron chi connectivity index (χ0n) is 21.6. The van der Waals surface area contributed by atoms with Crippen LogP contribution >= 0.6 is 0 Å². The van der Waals surface area contributed by atoms with E-state index in [1.54, 1.807) is 48.5 Å². The minimum atomic E-state index is -0.662. The SMILES string of the molecule is C=C(C)C(=O)CCCCCC(=O)C(CCCCNC(=O)OC(C)(C)C)NC(=O)OC(C)(C)C. The lowest BCUT2D eigenvalue weighted by atomic mass is 9.99. The Bertz CT molecular complexity index is 673. The average Bonchev–Trinajstić information content (AvgIpc) is 2.63. The summed E-state index contributed by atoms with van der Waals surface area (Å²) < 4.78 is 10.5. The summed E-state index contributed by atoms with van der Waals surface area (Å²) in [6, 6.07) is -0.654. The van der Waals surface area contributed by atoms with Gasteiger partial charge in [0.25, 0.3) is 0 Å². The molecule has 0 radical (unpaired) electrons. The second-order valence-corrected chi connectivity index (χ2v) is 10.4. The van der Waals surface area contributed by atoms with E-state index in [4.69, 9.17) is 9.47 Å². The summed E-state index contributed by atoms with van der Waals surface area (Å²) in [6.07, 6.45) is 3.48. The van der Waals surface area contributed by atoms with Crippen molar-refractivity contribution in [1.29, 1.82) is 0 Å². The van der Waals surface area contributed by atoms with E-state index in [0.717, 1.165) is 6.42 Å². The average molecular weight is 469 g/mol. The molecule has 0 spiro atoms. The quantitative estimate of drug-likeness (QED) is 0.266. The largest absolute Gasteiger partial charge is 0.444 e. The second-order valence-electron chi connectivity index (χ2n) is 10.4. The molecule has 1 atom stereocenters. The molecular formula is C25H44N2O6. The summed E-state index contributed by atoms with van der Waals surface area (Å²) in [5.41, 5.74) is -0.671. The highest BCUT2D eigenvalue weighted by Gasteiger charge is 2.24. The van der Waals surface area contributed by atoms with Gasteiger partial charge in [0.2, 0.25) is 0 Å². The third-order valence-corrected chi connectivity index (χ3v) is 4.47. The van der Waals surface area contributed by atoms with Crippen molar-refractivity contribution in [2.45, 2.75) is 117 Å². The molecule has 8 heteroatoms. The minimum absolute atomic E-state index is 0.0470. The van der Waals surface area contributed by atoms with E-state index in [2.05, 4.69) is 17.2 Å². The molecule has 0 saturated carbocycles. The van der Waals surface area contributed by atoms with E-state index in [1.165, 1.54) is 0 Å². The number of unbranched alkanes of at least 4 members (excludes halogenated alkanes) is 3. The van der Waals surface area contributed by atoms with E-state index in [0.29, 0.717) is 57.1 Å². The van der Waals surface area contributed by atoms with Crippen LogP contribution in [0.15, 0.2) is 12.2 Å². The molecule has 0 aliphatic carbocycles. The molecule has 0 rings (SSSR count). The summed E-state index contributed by atoms with van der Waals surface area (Å²) in [4.78, 5) is 48.2. The fourth-order valence-electron chi connectivity index (χ4n) is 2.89. The van der Waals surface area contributed by atoms with E-state index in [-0.39, 0.29) is 11.6 Å². The Labute approximate surface area is 199 Å². The van der Waals surface area contributed by atoms with Crippen LogP contribution in [0.4, 0.5) is 9.59 Å². The number of rotatable bonds is 14. The maximum atomic E-state index is 12.7. The lowest BCUT2D eigenvalue weighted by Crippen LogP contribution is -2.43. The number of alkyl carbamates (subject to hydrolysis) is 2. The molecular weight excluding hydrogens is 424 g/mol. The smallest absolute Gasteiger partial charge is 0.408 e. The van der Waals surface area contributed by atoms with Crippen LogP contribution in [-0.2, 0) is 19.1 Å². The van der Waals surface area contributed by atoms with Crippen LogP contribution in [0.5, 0.6) is 0 Å². The molecule has 33 heavy (non-hydrogen) atoms. The molecule has 2 N–H and O–H groups in total. The predicted octanol–water partition coefficient (Wildman–Crippen LogP) is 5.24. The molecule has 0 aromatic heterocycles. The van der Waals surface area contributed by atoms with Crippen molar-refractivity contribution >= 4 is 23.8 Å². The van der Waals surface area contributed by atoms with Crippen molar-refractivity contribution in [3.63, 3.8) is 0 Å². The number of carbonyl (C=O) groups excluding carboxylic acids is 4. The normalized spacial score (nSPS) is 12.5. The molecule has 0 aliphatic rings. The van der Waals surface area contributed by atoms with Crippen LogP contribution < -0.4 is 10.6 Å². The number of hydrogen-bond acceptors (Lipinski definition) is 6. The number of amides is 2. The molecule has 1 unspecified atom stereocenters. The van der Waals surface area contributed by atoms with Gasteiger partial charge in [0.1, 0.15) is 11.2 Å². The first-order valence-electron chi connectivity index (χ1n) is 11.8. The van der Waals surface area contributed by atoms with Crippen LogP contribution in [0, 0.1) is 0 Å². The van der Waals surface area contributed by atoms with Crippen LogP contribution in [0.25, 0.3) is 0 Å². The first kappa shape index (κ1) is 30.6. The molecule has 0 bridgehead atoms. The van der Waals surface area contributed by atoms with Crippen molar-refractivity contribution in [3.05, 3.63) is 12.2 Å². The highest BCUT2D eigenvalue weighted by Crippen LogP contribution is 2.13. The van der Waals surface area contributed by atoms with Gasteiger partial charge in [-0.2, -0.15) is 0 Å². The van der Waals surface area contributed by atoms with Gasteiger partial charge < -0.3 is 20.1 Å². The number of Topliss-reactive ketones (excluding diaryl/α,β-unsaturated/α-hetero) is 2. The van der Waals surface area contributed by atoms with Crippen molar-refractivity contribution in [3.8, 4) is 0 Å². The Morgan fingerprint density at radius 2 is 1.33 bits per heavy atom. The van der Waals surface area contributed by atoms with Gasteiger partial charge in [-0.3, -0.25) is 9.59 Å². The number of nitrogens with one attached hydrogen (secondary N) is 2. The van der Waals surface area contributed by atoms with Crippen LogP contribution in [0.1, 0.15) is 99.8 Å². The first-order chi connectivity index (χ1) is 15.1. The zero-order valence-corrected chi connectivity index (χ0v) is 21.6. The second kappa shape index (κ2) is 14.7. The summed E-state index contributed by atoms with van der Waals surface area (Å²) in [7, 11) is 0. The van der Waals surface area contributed by atoms with Crippen LogP contribution in [0.3, 0.4) is 0 Å². The van der Waals surface area contributed by atoms with Crippen molar-refractivity contribution in [1.82, 2.24) is 10.6 Å². The predicted molar refractivity (Wildman–Crippen MR) is 129 cm³/mol. The maximum Gasteiger partial charge on any atom is 0.408 e. The number of ketones is 2. The molecule has 2 amide bonds. The van der Waals surface area contributed by atoms with Crippen LogP contribution in [-0.4, -0.2) is 47.5 Å². The molecule has 0 aromatic carbocycles. The van der Waals surface area contributed by atoms with Gasteiger partial charge in [-0.15, -0.1) is 0 Å². The van der Waals surface area contributed by atoms with Gasteiger partial charge in [0.15, 0.2) is 11.6 Å². The Kier molecular flexibility index (Phi) is 13.6. The number of carbonyl (C=O) groups is 4. The fourth-order valence-corrected chi connectivity index (χ4v) is 2.89. The summed E-state index contributed by atoms with van der Waals surface area (Å²) in [5, 5.41) is 5.38. The molecule has 0 aliphatic heterocycles. The van der Waals surface area contributed by atoms with Gasteiger partial charge in [-0.25, -0.2) is 9.59 Å². The summed E-state index contributed by atoms with van der Waals surface area (Å²) in [6.45, 7) is 16.4. The summed E-state index contributed by atoms with van der Waals surface area (Å²) in [5.74, 6) is -0.0158. The maximum absolute atomic E-state index is 12.7. The van der Waals surface area contributed by atoms with Crippen molar-refractivity contribution in [2.24, 2.45) is 0 Å². The van der Waals surface area contributed by atoms with E-state index in [1.807, 2.05) is 0 Å². The standard InChI is InChI=1S/C25H44N2O6/c1-18(2)20(28)15-10-9-11-16-21(29)19(27-23(31)33-25(6,7)8)14-12-13-17-26-22(30)32-24(3,4)5/h19H,1,9-17H2,2-8H3,(H,26,30)(H,27,31). The van der Waals surface area contributed by atoms with Gasteiger partial charge >= 0.3 is 12.2 Å². The topological polar surface area (TPSA) is 111 Å². The van der Waals surface area contributed by atoms with E-state index >= 15 is 0 Å². The molecule has 0 fully saturated rings. The molecule has 0 saturated heterocycles. The van der Waals surface area contributed by atoms with Gasteiger partial charge in [0, 0.05) is 19.4 Å². The Morgan fingerprint density at radius 1 is 0.788 bits per heavy atom. The lowest BCUT2D eigenvalue weighted by Gasteiger charge is -2.23. The number of hydrogen-bond donors (Lipinski definition) is 2. The third kappa shape index (κ3) is 17.8. The van der Waals surface area contributed by atoms with Crippen molar-refractivity contribution < 1.29 is 28.7 Å². The fraction of sp³-hybridized carbons (Fsp3) is 0.760. The van der Waals surface area contributed by atoms with Gasteiger partial charge in [0.05, 0.1) is 6.04 Å². The highest BCUT2D eigenvalue weighted by molar-refractivity contribution is 5.94. The van der Waals surface area contributed by atoms with Crippen molar-refractivity contribution in [2.75, 3.05) is 6.54 Å². The summed E-state index contributed by atoms with van der Waals surface area (Å²) >= 11 is 0. The number of ether oxygens (including phenoxy) is 2. The van der Waals surface area contributed by atoms with Gasteiger partial charge in [-0.05, 0) is 86.1 Å². The Balaban J connectivity index is 4.57. The third-order valence-electron chi connectivity index (χ3n) is 4.47. The molecule has 190 valence electrons. The molecule has 0 heterocycles. The zero-order chi connectivity index (χ0) is 25.7. The minimum Gasteiger partial charge on any atom is -0.444 e. The Morgan fingerprint density at radius 3 is 1.88 bits per heavy atom.